The predicted molar refractivity (Wildman–Crippen MR) is 76.4 cm³/mol. The first-order valence-corrected chi connectivity index (χ1v) is 7.13. The van der Waals surface area contributed by atoms with Gasteiger partial charge in [-0.05, 0) is 64.6 Å². The van der Waals surface area contributed by atoms with E-state index >= 15 is 0 Å². The minimum Gasteiger partial charge on any atom is -0.312 e. The van der Waals surface area contributed by atoms with Crippen molar-refractivity contribution in [1.29, 1.82) is 0 Å². The van der Waals surface area contributed by atoms with Crippen molar-refractivity contribution in [3.8, 4) is 0 Å². The Morgan fingerprint density at radius 1 is 1.12 bits per heavy atom. The van der Waals surface area contributed by atoms with E-state index in [4.69, 9.17) is 0 Å². The Morgan fingerprint density at radius 2 is 1.76 bits per heavy atom. The summed E-state index contributed by atoms with van der Waals surface area (Å²) >= 11 is 0. The minimum atomic E-state index is 0.263. The van der Waals surface area contributed by atoms with Crippen molar-refractivity contribution in [3.05, 3.63) is 0 Å². The SMILES string of the molecule is CC(C)(C)CCN1CCC(CNC(C)(C)C)C1. The van der Waals surface area contributed by atoms with Crippen LogP contribution in [0.15, 0.2) is 0 Å². The summed E-state index contributed by atoms with van der Waals surface area (Å²) in [5.74, 6) is 0.856. The molecule has 0 bridgehead atoms. The van der Waals surface area contributed by atoms with E-state index in [2.05, 4.69) is 51.8 Å². The minimum absolute atomic E-state index is 0.263. The molecule has 0 aromatic rings. The van der Waals surface area contributed by atoms with E-state index in [1.165, 1.54) is 39.0 Å². The van der Waals surface area contributed by atoms with Gasteiger partial charge < -0.3 is 10.2 Å². The van der Waals surface area contributed by atoms with Gasteiger partial charge in [-0.2, -0.15) is 0 Å². The lowest BCUT2D eigenvalue weighted by atomic mass is 9.92. The number of hydrogen-bond donors (Lipinski definition) is 1. The van der Waals surface area contributed by atoms with Crippen LogP contribution in [0.4, 0.5) is 0 Å². The van der Waals surface area contributed by atoms with Crippen molar-refractivity contribution in [2.75, 3.05) is 26.2 Å². The fraction of sp³-hybridized carbons (Fsp3) is 1.00. The molecular formula is C15H32N2. The van der Waals surface area contributed by atoms with Crippen molar-refractivity contribution in [2.24, 2.45) is 11.3 Å². The third-order valence-electron chi connectivity index (χ3n) is 3.47. The predicted octanol–water partition coefficient (Wildman–Crippen LogP) is 3.13. The second-order valence-corrected chi connectivity index (χ2v) is 7.90. The van der Waals surface area contributed by atoms with Gasteiger partial charge >= 0.3 is 0 Å². The molecule has 0 spiro atoms. The van der Waals surface area contributed by atoms with Gasteiger partial charge in [0, 0.05) is 12.1 Å². The van der Waals surface area contributed by atoms with E-state index in [-0.39, 0.29) is 5.54 Å². The van der Waals surface area contributed by atoms with Crippen molar-refractivity contribution >= 4 is 0 Å². The van der Waals surface area contributed by atoms with Gasteiger partial charge in [0.1, 0.15) is 0 Å². The zero-order chi connectivity index (χ0) is 13.1. The van der Waals surface area contributed by atoms with Crippen molar-refractivity contribution in [2.45, 2.75) is 59.9 Å². The van der Waals surface area contributed by atoms with Crippen LogP contribution in [0.25, 0.3) is 0 Å². The molecule has 0 amide bonds. The van der Waals surface area contributed by atoms with Gasteiger partial charge in [0.25, 0.3) is 0 Å². The normalized spacial score (nSPS) is 23.3. The Balaban J connectivity index is 2.19. The molecule has 0 aromatic carbocycles. The monoisotopic (exact) mass is 240 g/mol. The summed E-state index contributed by atoms with van der Waals surface area (Å²) in [4.78, 5) is 2.64. The zero-order valence-electron chi connectivity index (χ0n) is 12.8. The Labute approximate surface area is 108 Å². The van der Waals surface area contributed by atoms with Crippen LogP contribution in [0.1, 0.15) is 54.4 Å². The van der Waals surface area contributed by atoms with Gasteiger partial charge in [0.2, 0.25) is 0 Å². The molecule has 0 saturated carbocycles. The van der Waals surface area contributed by atoms with Crippen molar-refractivity contribution in [3.63, 3.8) is 0 Å². The summed E-state index contributed by atoms with van der Waals surface area (Å²) in [5.41, 5.74) is 0.737. The average Bonchev–Trinajstić information content (AvgIpc) is 2.57. The lowest BCUT2D eigenvalue weighted by Gasteiger charge is -2.25. The zero-order valence-corrected chi connectivity index (χ0v) is 12.8. The Bertz CT molecular complexity index is 198. The molecule has 1 rings (SSSR count). The van der Waals surface area contributed by atoms with E-state index in [0.29, 0.717) is 5.41 Å². The second-order valence-electron chi connectivity index (χ2n) is 7.90. The first-order valence-electron chi connectivity index (χ1n) is 7.13. The van der Waals surface area contributed by atoms with Gasteiger partial charge in [0.05, 0.1) is 0 Å². The van der Waals surface area contributed by atoms with Gasteiger partial charge in [-0.25, -0.2) is 0 Å². The highest BCUT2D eigenvalue weighted by atomic mass is 15.1. The van der Waals surface area contributed by atoms with Gasteiger partial charge in [-0.1, -0.05) is 20.8 Å². The first kappa shape index (κ1) is 15.0. The highest BCUT2D eigenvalue weighted by molar-refractivity contribution is 4.81. The average molecular weight is 240 g/mol. The molecule has 1 atom stereocenters. The van der Waals surface area contributed by atoms with Gasteiger partial charge in [0.15, 0.2) is 0 Å². The molecule has 1 unspecified atom stereocenters. The third-order valence-corrected chi connectivity index (χ3v) is 3.47. The molecule has 1 aliphatic heterocycles. The highest BCUT2D eigenvalue weighted by Crippen LogP contribution is 2.22. The lowest BCUT2D eigenvalue weighted by Crippen LogP contribution is -2.39. The molecule has 102 valence electrons. The van der Waals surface area contributed by atoms with Crippen LogP contribution in [0, 0.1) is 11.3 Å². The number of hydrogen-bond acceptors (Lipinski definition) is 2. The molecule has 0 aliphatic carbocycles. The summed E-state index contributed by atoms with van der Waals surface area (Å²) in [5, 5.41) is 3.63. The van der Waals surface area contributed by atoms with Crippen LogP contribution < -0.4 is 5.32 Å². The van der Waals surface area contributed by atoms with E-state index < -0.39 is 0 Å². The summed E-state index contributed by atoms with van der Waals surface area (Å²) in [7, 11) is 0. The van der Waals surface area contributed by atoms with Crippen LogP contribution in [-0.2, 0) is 0 Å². The lowest BCUT2D eigenvalue weighted by molar-refractivity contribution is 0.255. The highest BCUT2D eigenvalue weighted by Gasteiger charge is 2.24. The number of nitrogens with zero attached hydrogens (tertiary/aromatic N) is 1. The molecule has 1 fully saturated rings. The molecule has 2 nitrogen and oxygen atoms in total. The Morgan fingerprint density at radius 3 is 2.29 bits per heavy atom. The molecule has 0 radical (unpaired) electrons. The van der Waals surface area contributed by atoms with E-state index in [1.807, 2.05) is 0 Å². The fourth-order valence-electron chi connectivity index (χ4n) is 2.23. The quantitative estimate of drug-likeness (QED) is 0.812. The topological polar surface area (TPSA) is 15.3 Å². The largest absolute Gasteiger partial charge is 0.312 e. The molecule has 1 aliphatic rings. The number of likely N-dealkylation sites (tertiary alicyclic amines) is 1. The maximum atomic E-state index is 3.63. The van der Waals surface area contributed by atoms with Crippen LogP contribution >= 0.6 is 0 Å². The molecule has 17 heavy (non-hydrogen) atoms. The number of rotatable bonds is 4. The molecule has 1 saturated heterocycles. The smallest absolute Gasteiger partial charge is 0.00966 e. The van der Waals surface area contributed by atoms with E-state index in [1.54, 1.807) is 0 Å². The second kappa shape index (κ2) is 5.71. The standard InChI is InChI=1S/C15H32N2/c1-14(2,3)8-10-17-9-7-13(12-17)11-16-15(4,5)6/h13,16H,7-12H2,1-6H3. The molecular weight excluding hydrogens is 208 g/mol. The molecule has 1 N–H and O–H groups in total. The van der Waals surface area contributed by atoms with Crippen LogP contribution in [0.2, 0.25) is 0 Å². The summed E-state index contributed by atoms with van der Waals surface area (Å²) in [6.45, 7) is 18.8. The maximum absolute atomic E-state index is 3.63. The van der Waals surface area contributed by atoms with Crippen LogP contribution in [0.3, 0.4) is 0 Å². The van der Waals surface area contributed by atoms with Crippen molar-refractivity contribution in [1.82, 2.24) is 10.2 Å². The van der Waals surface area contributed by atoms with E-state index in [9.17, 15) is 0 Å². The van der Waals surface area contributed by atoms with E-state index in [0.717, 1.165) is 5.92 Å². The molecule has 2 heteroatoms. The summed E-state index contributed by atoms with van der Waals surface area (Å²) < 4.78 is 0. The van der Waals surface area contributed by atoms with Crippen molar-refractivity contribution < 1.29 is 0 Å². The molecule has 0 aromatic heterocycles. The maximum Gasteiger partial charge on any atom is 0.00966 e. The Hall–Kier alpha value is -0.0800. The van der Waals surface area contributed by atoms with Crippen LogP contribution in [0.5, 0.6) is 0 Å². The molecule has 1 heterocycles. The van der Waals surface area contributed by atoms with Gasteiger partial charge in [-0.15, -0.1) is 0 Å². The number of nitrogens with one attached hydrogen (secondary N) is 1. The van der Waals surface area contributed by atoms with Gasteiger partial charge in [-0.3, -0.25) is 0 Å². The third kappa shape index (κ3) is 7.05. The summed E-state index contributed by atoms with van der Waals surface area (Å²) in [6.07, 6.45) is 2.68. The Kier molecular flexibility index (Phi) is 5.03. The fourth-order valence-corrected chi connectivity index (χ4v) is 2.23. The van der Waals surface area contributed by atoms with Crippen LogP contribution in [-0.4, -0.2) is 36.6 Å². The first-order chi connectivity index (χ1) is 7.66. The summed E-state index contributed by atoms with van der Waals surface area (Å²) in [6, 6.07) is 0.